The molecular formula is C12H16N2OS. The molecule has 1 aliphatic rings. The number of para-hydroxylation sites is 1. The van der Waals surface area contributed by atoms with Gasteiger partial charge in [-0.1, -0.05) is 12.1 Å². The van der Waals surface area contributed by atoms with Crippen molar-refractivity contribution < 1.29 is 4.79 Å². The Kier molecular flexibility index (Phi) is 3.39. The molecule has 1 amide bonds. The second-order valence-electron chi connectivity index (χ2n) is 3.94. The van der Waals surface area contributed by atoms with Crippen molar-refractivity contribution >= 4 is 23.4 Å². The van der Waals surface area contributed by atoms with E-state index in [1.165, 1.54) is 0 Å². The number of nitrogens with zero attached hydrogens (tertiary/aromatic N) is 1. The van der Waals surface area contributed by atoms with Gasteiger partial charge in [-0.3, -0.25) is 4.79 Å². The summed E-state index contributed by atoms with van der Waals surface area (Å²) in [6.45, 7) is 3.59. The lowest BCUT2D eigenvalue weighted by atomic mass is 10.1. The number of carbonyl (C=O) groups is 1. The van der Waals surface area contributed by atoms with Crippen molar-refractivity contribution in [3.63, 3.8) is 0 Å². The van der Waals surface area contributed by atoms with Gasteiger partial charge in [-0.25, -0.2) is 0 Å². The first-order valence-electron chi connectivity index (χ1n) is 5.42. The lowest BCUT2D eigenvalue weighted by molar-refractivity contribution is 0.0773. The maximum absolute atomic E-state index is 12.2. The van der Waals surface area contributed by atoms with Gasteiger partial charge in [0.05, 0.1) is 5.56 Å². The van der Waals surface area contributed by atoms with Gasteiger partial charge in [0.1, 0.15) is 0 Å². The van der Waals surface area contributed by atoms with Crippen molar-refractivity contribution in [1.82, 2.24) is 4.90 Å². The Labute approximate surface area is 100.0 Å². The Hall–Kier alpha value is -1.16. The Morgan fingerprint density at radius 3 is 2.75 bits per heavy atom. The molecule has 0 aliphatic carbocycles. The van der Waals surface area contributed by atoms with Gasteiger partial charge in [-0.15, -0.1) is 0 Å². The van der Waals surface area contributed by atoms with E-state index in [4.69, 9.17) is 5.73 Å². The second-order valence-corrected chi connectivity index (χ2v) is 5.17. The van der Waals surface area contributed by atoms with Gasteiger partial charge in [0.15, 0.2) is 0 Å². The number of thioether (sulfide) groups is 1. The Bertz CT molecular complexity index is 400. The summed E-state index contributed by atoms with van der Waals surface area (Å²) in [6, 6.07) is 5.63. The number of nitrogens with two attached hydrogens (primary N) is 1. The highest BCUT2D eigenvalue weighted by molar-refractivity contribution is 7.99. The van der Waals surface area contributed by atoms with Crippen molar-refractivity contribution in [3.05, 3.63) is 29.3 Å². The molecule has 1 aromatic carbocycles. The van der Waals surface area contributed by atoms with Crippen molar-refractivity contribution in [2.75, 3.05) is 30.3 Å². The van der Waals surface area contributed by atoms with Crippen molar-refractivity contribution in [3.8, 4) is 0 Å². The minimum atomic E-state index is 0.0708. The van der Waals surface area contributed by atoms with Crippen LogP contribution in [-0.4, -0.2) is 35.4 Å². The summed E-state index contributed by atoms with van der Waals surface area (Å²) in [5.74, 6) is 2.12. The number of rotatable bonds is 1. The summed E-state index contributed by atoms with van der Waals surface area (Å²) in [4.78, 5) is 14.1. The zero-order chi connectivity index (χ0) is 11.5. The summed E-state index contributed by atoms with van der Waals surface area (Å²) in [7, 11) is 0. The highest BCUT2D eigenvalue weighted by Crippen LogP contribution is 2.20. The standard InChI is InChI=1S/C12H16N2OS/c1-9-3-2-4-10(11(9)13)12(15)14-5-7-16-8-6-14/h2-4H,5-8,13H2,1H3. The average Bonchev–Trinajstić information content (AvgIpc) is 2.33. The number of nitrogen functional groups attached to an aromatic ring is 1. The van der Waals surface area contributed by atoms with Crippen LogP contribution in [0.1, 0.15) is 15.9 Å². The minimum absolute atomic E-state index is 0.0708. The van der Waals surface area contributed by atoms with Crippen molar-refractivity contribution in [2.24, 2.45) is 0 Å². The molecule has 0 bridgehead atoms. The van der Waals surface area contributed by atoms with Crippen LogP contribution in [0.3, 0.4) is 0 Å². The Balaban J connectivity index is 2.22. The second kappa shape index (κ2) is 4.78. The first kappa shape index (κ1) is 11.3. The Morgan fingerprint density at radius 1 is 1.38 bits per heavy atom. The number of hydrogen-bond acceptors (Lipinski definition) is 3. The van der Waals surface area contributed by atoms with Crippen LogP contribution in [0.5, 0.6) is 0 Å². The van der Waals surface area contributed by atoms with Crippen LogP contribution >= 0.6 is 11.8 Å². The summed E-state index contributed by atoms with van der Waals surface area (Å²) in [5, 5.41) is 0. The molecule has 1 aliphatic heterocycles. The molecule has 1 aromatic rings. The zero-order valence-electron chi connectivity index (χ0n) is 9.40. The fraction of sp³-hybridized carbons (Fsp3) is 0.417. The van der Waals surface area contributed by atoms with Gasteiger partial charge < -0.3 is 10.6 Å². The fourth-order valence-corrected chi connectivity index (χ4v) is 2.71. The van der Waals surface area contributed by atoms with Gasteiger partial charge in [-0.2, -0.15) is 11.8 Å². The third-order valence-corrected chi connectivity index (χ3v) is 3.80. The summed E-state index contributed by atoms with van der Waals surface area (Å²) in [5.41, 5.74) is 8.17. The number of hydrogen-bond donors (Lipinski definition) is 1. The van der Waals surface area contributed by atoms with Crippen LogP contribution in [0.25, 0.3) is 0 Å². The van der Waals surface area contributed by atoms with Gasteiger partial charge in [0.25, 0.3) is 5.91 Å². The quantitative estimate of drug-likeness (QED) is 0.756. The summed E-state index contributed by atoms with van der Waals surface area (Å²) in [6.07, 6.45) is 0. The first-order valence-corrected chi connectivity index (χ1v) is 6.57. The lowest BCUT2D eigenvalue weighted by Gasteiger charge is -2.27. The van der Waals surface area contributed by atoms with E-state index in [1.807, 2.05) is 41.8 Å². The molecule has 16 heavy (non-hydrogen) atoms. The predicted octanol–water partition coefficient (Wildman–Crippen LogP) is 1.77. The Morgan fingerprint density at radius 2 is 2.06 bits per heavy atom. The zero-order valence-corrected chi connectivity index (χ0v) is 10.2. The van der Waals surface area contributed by atoms with Crippen LogP contribution in [-0.2, 0) is 0 Å². The molecule has 1 fully saturated rings. The van der Waals surface area contributed by atoms with E-state index in [1.54, 1.807) is 0 Å². The van der Waals surface area contributed by atoms with Crippen LogP contribution < -0.4 is 5.73 Å². The number of carbonyl (C=O) groups excluding carboxylic acids is 1. The van der Waals surface area contributed by atoms with Crippen molar-refractivity contribution in [1.29, 1.82) is 0 Å². The van der Waals surface area contributed by atoms with Gasteiger partial charge in [0, 0.05) is 30.3 Å². The number of anilines is 1. The topological polar surface area (TPSA) is 46.3 Å². The molecule has 2 rings (SSSR count). The first-order chi connectivity index (χ1) is 7.70. The van der Waals surface area contributed by atoms with E-state index in [0.29, 0.717) is 11.3 Å². The van der Waals surface area contributed by atoms with Gasteiger partial charge in [0.2, 0.25) is 0 Å². The monoisotopic (exact) mass is 236 g/mol. The van der Waals surface area contributed by atoms with E-state index in [2.05, 4.69) is 0 Å². The maximum atomic E-state index is 12.2. The molecule has 0 spiro atoms. The highest BCUT2D eigenvalue weighted by Gasteiger charge is 2.20. The van der Waals surface area contributed by atoms with E-state index in [0.717, 1.165) is 30.2 Å². The number of amides is 1. The van der Waals surface area contributed by atoms with Gasteiger partial charge in [-0.05, 0) is 18.6 Å². The lowest BCUT2D eigenvalue weighted by Crippen LogP contribution is -2.38. The van der Waals surface area contributed by atoms with E-state index < -0.39 is 0 Å². The fourth-order valence-electron chi connectivity index (χ4n) is 1.80. The number of benzene rings is 1. The third-order valence-electron chi connectivity index (χ3n) is 2.85. The molecule has 0 radical (unpaired) electrons. The average molecular weight is 236 g/mol. The molecule has 4 heteroatoms. The molecule has 0 aromatic heterocycles. The molecule has 2 N–H and O–H groups in total. The maximum Gasteiger partial charge on any atom is 0.256 e. The molecule has 0 unspecified atom stereocenters. The van der Waals surface area contributed by atoms with Crippen LogP contribution in [0.2, 0.25) is 0 Å². The van der Waals surface area contributed by atoms with E-state index in [-0.39, 0.29) is 5.91 Å². The molecule has 3 nitrogen and oxygen atoms in total. The number of aryl methyl sites for hydroxylation is 1. The molecule has 86 valence electrons. The summed E-state index contributed by atoms with van der Waals surface area (Å²) < 4.78 is 0. The highest BCUT2D eigenvalue weighted by atomic mass is 32.2. The van der Waals surface area contributed by atoms with E-state index >= 15 is 0 Å². The van der Waals surface area contributed by atoms with Crippen LogP contribution in [0.15, 0.2) is 18.2 Å². The summed E-state index contributed by atoms with van der Waals surface area (Å²) >= 11 is 1.89. The molecule has 1 saturated heterocycles. The third kappa shape index (κ3) is 2.16. The smallest absolute Gasteiger partial charge is 0.256 e. The molecule has 1 heterocycles. The predicted molar refractivity (Wildman–Crippen MR) is 68.8 cm³/mol. The van der Waals surface area contributed by atoms with Crippen LogP contribution in [0, 0.1) is 6.92 Å². The molecule has 0 atom stereocenters. The largest absolute Gasteiger partial charge is 0.398 e. The van der Waals surface area contributed by atoms with Crippen LogP contribution in [0.4, 0.5) is 5.69 Å². The normalized spacial score (nSPS) is 16.2. The minimum Gasteiger partial charge on any atom is -0.398 e. The molecular weight excluding hydrogens is 220 g/mol. The van der Waals surface area contributed by atoms with Crippen molar-refractivity contribution in [2.45, 2.75) is 6.92 Å². The van der Waals surface area contributed by atoms with Gasteiger partial charge >= 0.3 is 0 Å². The van der Waals surface area contributed by atoms with E-state index in [9.17, 15) is 4.79 Å². The SMILES string of the molecule is Cc1cccc(C(=O)N2CCSCC2)c1N. The molecule has 0 saturated carbocycles.